The molecule has 2 aromatic rings. The zero-order valence-electron chi connectivity index (χ0n) is 15.7. The van der Waals surface area contributed by atoms with Gasteiger partial charge in [0.2, 0.25) is 5.91 Å². The van der Waals surface area contributed by atoms with E-state index in [0.29, 0.717) is 43.3 Å². The summed E-state index contributed by atoms with van der Waals surface area (Å²) in [6, 6.07) is 9.29. The molecule has 0 aromatic heterocycles. The van der Waals surface area contributed by atoms with Crippen molar-refractivity contribution < 1.29 is 27.2 Å². The Morgan fingerprint density at radius 3 is 2.23 bits per heavy atom. The van der Waals surface area contributed by atoms with Gasteiger partial charge in [0.25, 0.3) is 5.91 Å². The maximum atomic E-state index is 13.3. The molecule has 0 bridgehead atoms. The van der Waals surface area contributed by atoms with Crippen molar-refractivity contribution in [3.8, 4) is 0 Å². The van der Waals surface area contributed by atoms with Gasteiger partial charge in [-0.15, -0.1) is 0 Å². The molecule has 0 aliphatic carbocycles. The number of nitrogens with zero attached hydrogens (tertiary/aromatic N) is 2. The molecule has 1 N–H and O–H groups in total. The van der Waals surface area contributed by atoms with E-state index in [1.54, 1.807) is 17.0 Å². The van der Waals surface area contributed by atoms with E-state index < -0.39 is 23.5 Å². The van der Waals surface area contributed by atoms with E-state index in [4.69, 9.17) is 11.6 Å². The molecule has 1 fully saturated rings. The zero-order valence-corrected chi connectivity index (χ0v) is 16.4. The molecule has 1 saturated heterocycles. The molecule has 1 aliphatic heterocycles. The molecule has 5 nitrogen and oxygen atoms in total. The van der Waals surface area contributed by atoms with Crippen molar-refractivity contribution in [1.29, 1.82) is 0 Å². The Kier molecular flexibility index (Phi) is 6.50. The summed E-state index contributed by atoms with van der Waals surface area (Å²) in [7, 11) is 0. The molecule has 0 spiro atoms. The van der Waals surface area contributed by atoms with Crippen LogP contribution in [-0.4, -0.2) is 49.4 Å². The van der Waals surface area contributed by atoms with Crippen LogP contribution in [0.3, 0.4) is 0 Å². The molecule has 1 heterocycles. The highest BCUT2D eigenvalue weighted by molar-refractivity contribution is 6.30. The number of rotatable bonds is 4. The smallest absolute Gasteiger partial charge is 0.368 e. The topological polar surface area (TPSA) is 52.7 Å². The number of hydrogen-bond donors (Lipinski definition) is 1. The highest BCUT2D eigenvalue weighted by Crippen LogP contribution is 2.31. The Bertz CT molecular complexity index is 927. The van der Waals surface area contributed by atoms with E-state index in [0.717, 1.165) is 11.8 Å². The second-order valence-electron chi connectivity index (χ2n) is 6.72. The number of carbonyl (C=O) groups excluding carboxylic acids is 2. The van der Waals surface area contributed by atoms with Gasteiger partial charge in [-0.05, 0) is 42.5 Å². The molecule has 2 aromatic carbocycles. The highest BCUT2D eigenvalue weighted by Gasteiger charge is 2.34. The third kappa shape index (κ3) is 5.21. The van der Waals surface area contributed by atoms with Gasteiger partial charge < -0.3 is 15.1 Å². The Balaban J connectivity index is 1.52. The van der Waals surface area contributed by atoms with Crippen molar-refractivity contribution in [3.63, 3.8) is 0 Å². The molecular weight excluding hydrogens is 426 g/mol. The number of hydrogen-bond acceptors (Lipinski definition) is 3. The first-order valence-corrected chi connectivity index (χ1v) is 9.46. The first kappa shape index (κ1) is 21.9. The average molecular weight is 444 g/mol. The summed E-state index contributed by atoms with van der Waals surface area (Å²) in [5.74, 6) is -2.69. The molecule has 30 heavy (non-hydrogen) atoms. The Hall–Kier alpha value is -2.81. The van der Waals surface area contributed by atoms with Crippen LogP contribution in [0.2, 0.25) is 5.02 Å². The van der Waals surface area contributed by atoms with Gasteiger partial charge in [-0.2, -0.15) is 13.2 Å². The number of benzene rings is 2. The molecule has 1 aliphatic rings. The van der Waals surface area contributed by atoms with E-state index in [1.165, 1.54) is 0 Å². The molecule has 0 unspecified atom stereocenters. The lowest BCUT2D eigenvalue weighted by molar-refractivity contribution is -0.140. The Morgan fingerprint density at radius 2 is 1.63 bits per heavy atom. The summed E-state index contributed by atoms with van der Waals surface area (Å²) in [6.45, 7) is 1.69. The van der Waals surface area contributed by atoms with Crippen LogP contribution in [0.25, 0.3) is 0 Å². The van der Waals surface area contributed by atoms with Gasteiger partial charge in [0.05, 0.1) is 12.1 Å². The lowest BCUT2D eigenvalue weighted by atomic mass is 10.1. The van der Waals surface area contributed by atoms with Gasteiger partial charge in [-0.3, -0.25) is 9.59 Å². The predicted molar refractivity (Wildman–Crippen MR) is 104 cm³/mol. The van der Waals surface area contributed by atoms with E-state index in [2.05, 4.69) is 10.2 Å². The van der Waals surface area contributed by atoms with Gasteiger partial charge in [0.15, 0.2) is 0 Å². The number of amides is 2. The molecule has 0 atom stereocenters. The van der Waals surface area contributed by atoms with Gasteiger partial charge in [-0.25, -0.2) is 4.39 Å². The summed E-state index contributed by atoms with van der Waals surface area (Å²) in [5.41, 5.74) is -0.916. The average Bonchev–Trinajstić information content (AvgIpc) is 2.72. The molecule has 2 amide bonds. The summed E-state index contributed by atoms with van der Waals surface area (Å²) in [5, 5.41) is 2.93. The molecule has 0 saturated carbocycles. The lowest BCUT2D eigenvalue weighted by Crippen LogP contribution is -2.51. The molecule has 0 radical (unpaired) electrons. The number of nitrogens with one attached hydrogen (secondary N) is 1. The van der Waals surface area contributed by atoms with E-state index >= 15 is 0 Å². The van der Waals surface area contributed by atoms with Gasteiger partial charge in [0, 0.05) is 42.5 Å². The Labute approximate surface area is 175 Å². The highest BCUT2D eigenvalue weighted by atomic mass is 35.5. The third-order valence-corrected chi connectivity index (χ3v) is 5.01. The standard InChI is InChI=1S/C20H18ClF4N3O2/c21-14-2-4-15(5-3-14)27-7-9-28(10-8-27)18(29)12-26-19(30)13-1-6-17(22)16(11-13)20(23,24)25/h1-6,11H,7-10,12H2,(H,26,30). The Morgan fingerprint density at radius 1 is 1.00 bits per heavy atom. The van der Waals surface area contributed by atoms with Crippen LogP contribution < -0.4 is 10.2 Å². The van der Waals surface area contributed by atoms with E-state index in [1.807, 2.05) is 12.1 Å². The van der Waals surface area contributed by atoms with Gasteiger partial charge >= 0.3 is 6.18 Å². The fourth-order valence-corrected chi connectivity index (χ4v) is 3.25. The minimum atomic E-state index is -4.92. The largest absolute Gasteiger partial charge is 0.419 e. The zero-order chi connectivity index (χ0) is 21.9. The van der Waals surface area contributed by atoms with Crippen LogP contribution in [0.4, 0.5) is 23.2 Å². The summed E-state index contributed by atoms with van der Waals surface area (Å²) in [4.78, 5) is 28.1. The SMILES string of the molecule is O=C(NCC(=O)N1CCN(c2ccc(Cl)cc2)CC1)c1ccc(F)c(C(F)(F)F)c1. The van der Waals surface area contributed by atoms with Gasteiger partial charge in [-0.1, -0.05) is 11.6 Å². The fourth-order valence-electron chi connectivity index (χ4n) is 3.12. The third-order valence-electron chi connectivity index (χ3n) is 4.76. The van der Waals surface area contributed by atoms with E-state index in [-0.39, 0.29) is 18.0 Å². The maximum Gasteiger partial charge on any atom is 0.419 e. The van der Waals surface area contributed by atoms with Crippen LogP contribution in [0, 0.1) is 5.82 Å². The second kappa shape index (κ2) is 8.91. The summed E-state index contributed by atoms with van der Waals surface area (Å²) < 4.78 is 51.7. The van der Waals surface area contributed by atoms with Crippen molar-refractivity contribution in [2.45, 2.75) is 6.18 Å². The van der Waals surface area contributed by atoms with Crippen LogP contribution >= 0.6 is 11.6 Å². The lowest BCUT2D eigenvalue weighted by Gasteiger charge is -2.36. The number of piperazine rings is 1. The summed E-state index contributed by atoms with van der Waals surface area (Å²) >= 11 is 5.88. The van der Waals surface area contributed by atoms with Crippen molar-refractivity contribution in [3.05, 3.63) is 64.4 Å². The normalized spacial score (nSPS) is 14.6. The minimum Gasteiger partial charge on any atom is -0.368 e. The molecule has 160 valence electrons. The molecular formula is C20H18ClF4N3O2. The maximum absolute atomic E-state index is 13.3. The molecule has 3 rings (SSSR count). The quantitative estimate of drug-likeness (QED) is 0.735. The number of halogens is 5. The monoisotopic (exact) mass is 443 g/mol. The van der Waals surface area contributed by atoms with Gasteiger partial charge in [0.1, 0.15) is 5.82 Å². The van der Waals surface area contributed by atoms with Crippen LogP contribution in [0.15, 0.2) is 42.5 Å². The van der Waals surface area contributed by atoms with Crippen molar-refractivity contribution in [2.75, 3.05) is 37.6 Å². The number of alkyl halides is 3. The van der Waals surface area contributed by atoms with E-state index in [9.17, 15) is 27.2 Å². The van der Waals surface area contributed by atoms with Crippen LogP contribution in [0.1, 0.15) is 15.9 Å². The summed E-state index contributed by atoms with van der Waals surface area (Å²) in [6.07, 6.45) is -4.92. The van der Waals surface area contributed by atoms with Crippen molar-refractivity contribution >= 4 is 29.1 Å². The number of anilines is 1. The van der Waals surface area contributed by atoms with Crippen LogP contribution in [-0.2, 0) is 11.0 Å². The number of carbonyl (C=O) groups is 2. The second-order valence-corrected chi connectivity index (χ2v) is 7.16. The minimum absolute atomic E-state index is 0.350. The molecule has 10 heteroatoms. The van der Waals surface area contributed by atoms with Crippen molar-refractivity contribution in [2.24, 2.45) is 0 Å². The van der Waals surface area contributed by atoms with Crippen LogP contribution in [0.5, 0.6) is 0 Å². The first-order valence-electron chi connectivity index (χ1n) is 9.08. The fraction of sp³-hybridized carbons (Fsp3) is 0.300. The first-order chi connectivity index (χ1) is 14.1. The predicted octanol–water partition coefficient (Wildman–Crippen LogP) is 3.58. The van der Waals surface area contributed by atoms with Crippen molar-refractivity contribution in [1.82, 2.24) is 10.2 Å².